The van der Waals surface area contributed by atoms with Crippen molar-refractivity contribution in [1.29, 1.82) is 0 Å². The lowest BCUT2D eigenvalue weighted by molar-refractivity contribution is 0.0785. The molecule has 0 aliphatic carbocycles. The average Bonchev–Trinajstić information content (AvgIpc) is 3.43. The van der Waals surface area contributed by atoms with E-state index in [-0.39, 0.29) is 17.9 Å². The molecule has 4 aromatic rings. The first-order valence-electron chi connectivity index (χ1n) is 10.7. The van der Waals surface area contributed by atoms with Gasteiger partial charge in [-0.3, -0.25) is 14.5 Å². The standard InChI is InChI=1S/C23H25N7O2S/c1-13-10-30(12-15(24)22(13)31)19-5-6-25-9-18(19)28-23(32)16-3-4-20-17(27-16)7-21(33-20)14-8-26-29(2)11-14/h3-9,11,13,15,22,31H,10,12,24H2,1-2H3,(H,28,32)/t13-,15+,22+/m0/s1. The van der Waals surface area contributed by atoms with E-state index >= 15 is 0 Å². The molecule has 5 rings (SSSR count). The Hall–Kier alpha value is -3.34. The van der Waals surface area contributed by atoms with E-state index in [1.54, 1.807) is 34.5 Å². The summed E-state index contributed by atoms with van der Waals surface area (Å²) in [7, 11) is 1.88. The van der Waals surface area contributed by atoms with Crippen molar-refractivity contribution in [3.63, 3.8) is 0 Å². The normalized spacial score (nSPS) is 20.8. The molecule has 1 aliphatic rings. The second kappa shape index (κ2) is 8.54. The molecule has 170 valence electrons. The lowest BCUT2D eigenvalue weighted by atomic mass is 9.92. The number of hydrogen-bond acceptors (Lipinski definition) is 8. The number of thiophene rings is 1. The number of piperidine rings is 1. The Labute approximate surface area is 194 Å². The van der Waals surface area contributed by atoms with Crippen LogP contribution in [-0.4, -0.2) is 56.0 Å². The quantitative estimate of drug-likeness (QED) is 0.425. The second-order valence-corrected chi connectivity index (χ2v) is 9.56. The Kier molecular flexibility index (Phi) is 5.57. The van der Waals surface area contributed by atoms with Crippen LogP contribution in [0, 0.1) is 5.92 Å². The average molecular weight is 464 g/mol. The molecule has 4 N–H and O–H groups in total. The molecule has 1 amide bonds. The monoisotopic (exact) mass is 463 g/mol. The van der Waals surface area contributed by atoms with Gasteiger partial charge in [0.05, 0.1) is 40.1 Å². The first-order chi connectivity index (χ1) is 15.9. The Bertz CT molecular complexity index is 1310. The van der Waals surface area contributed by atoms with Crippen molar-refractivity contribution in [1.82, 2.24) is 19.7 Å². The van der Waals surface area contributed by atoms with Crippen LogP contribution in [0.1, 0.15) is 17.4 Å². The number of amides is 1. The van der Waals surface area contributed by atoms with E-state index in [0.717, 1.165) is 26.3 Å². The van der Waals surface area contributed by atoms with Crippen molar-refractivity contribution in [2.24, 2.45) is 18.7 Å². The first-order valence-corrected chi connectivity index (χ1v) is 11.5. The molecule has 4 aromatic heterocycles. The maximum atomic E-state index is 13.1. The summed E-state index contributed by atoms with van der Waals surface area (Å²) in [5.74, 6) is -0.295. The number of carbonyl (C=O) groups is 1. The minimum absolute atomic E-state index is 0.0159. The fraction of sp³-hybridized carbons (Fsp3) is 0.304. The predicted molar refractivity (Wildman–Crippen MR) is 129 cm³/mol. The molecule has 9 nitrogen and oxygen atoms in total. The summed E-state index contributed by atoms with van der Waals surface area (Å²) in [5.41, 5.74) is 9.65. The van der Waals surface area contributed by atoms with Gasteiger partial charge >= 0.3 is 0 Å². The maximum absolute atomic E-state index is 13.1. The number of hydrogen-bond donors (Lipinski definition) is 3. The van der Waals surface area contributed by atoms with Gasteiger partial charge in [-0.2, -0.15) is 5.10 Å². The molecule has 1 fully saturated rings. The number of nitrogens with two attached hydrogens (primary N) is 1. The smallest absolute Gasteiger partial charge is 0.274 e. The van der Waals surface area contributed by atoms with Crippen LogP contribution in [0.25, 0.3) is 20.7 Å². The van der Waals surface area contributed by atoms with Crippen molar-refractivity contribution in [2.45, 2.75) is 19.1 Å². The zero-order chi connectivity index (χ0) is 23.1. The van der Waals surface area contributed by atoms with E-state index in [9.17, 15) is 9.90 Å². The number of aryl methyl sites for hydroxylation is 1. The summed E-state index contributed by atoms with van der Waals surface area (Å²) in [4.78, 5) is 25.0. The van der Waals surface area contributed by atoms with Crippen molar-refractivity contribution in [2.75, 3.05) is 23.3 Å². The van der Waals surface area contributed by atoms with Gasteiger partial charge in [0.1, 0.15) is 5.69 Å². The number of fused-ring (bicyclic) bond motifs is 1. The van der Waals surface area contributed by atoms with Crippen LogP contribution < -0.4 is 16.0 Å². The van der Waals surface area contributed by atoms with E-state index in [2.05, 4.69) is 25.3 Å². The highest BCUT2D eigenvalue weighted by atomic mass is 32.1. The molecule has 0 radical (unpaired) electrons. The van der Waals surface area contributed by atoms with Gasteiger partial charge in [-0.15, -0.1) is 11.3 Å². The molecule has 3 atom stereocenters. The third kappa shape index (κ3) is 4.20. The number of aliphatic hydroxyl groups is 1. The van der Waals surface area contributed by atoms with Gasteiger partial charge in [0.2, 0.25) is 0 Å². The number of pyridine rings is 2. The summed E-state index contributed by atoms with van der Waals surface area (Å²) in [6.07, 6.45) is 6.53. The van der Waals surface area contributed by atoms with Gasteiger partial charge in [-0.1, -0.05) is 6.92 Å². The molecule has 0 bridgehead atoms. The lowest BCUT2D eigenvalue weighted by Crippen LogP contribution is -2.55. The van der Waals surface area contributed by atoms with E-state index in [4.69, 9.17) is 5.73 Å². The Morgan fingerprint density at radius 3 is 2.88 bits per heavy atom. The third-order valence-corrected chi connectivity index (χ3v) is 7.08. The Morgan fingerprint density at radius 1 is 1.27 bits per heavy atom. The number of aromatic nitrogens is 4. The summed E-state index contributed by atoms with van der Waals surface area (Å²) in [6.45, 7) is 3.10. The zero-order valence-electron chi connectivity index (χ0n) is 18.3. The molecule has 33 heavy (non-hydrogen) atoms. The van der Waals surface area contributed by atoms with Crippen LogP contribution in [0.3, 0.4) is 0 Å². The van der Waals surface area contributed by atoms with Gasteiger partial charge in [0.15, 0.2) is 0 Å². The summed E-state index contributed by atoms with van der Waals surface area (Å²) in [5, 5.41) is 17.4. The number of anilines is 2. The molecule has 0 spiro atoms. The minimum Gasteiger partial charge on any atom is -0.391 e. The predicted octanol–water partition coefficient (Wildman–Crippen LogP) is 2.49. The highest BCUT2D eigenvalue weighted by Crippen LogP contribution is 2.33. The van der Waals surface area contributed by atoms with Crippen molar-refractivity contribution in [3.8, 4) is 10.4 Å². The van der Waals surface area contributed by atoms with Crippen LogP contribution in [0.15, 0.2) is 49.1 Å². The Balaban J connectivity index is 1.39. The van der Waals surface area contributed by atoms with E-state index in [0.29, 0.717) is 24.5 Å². The number of aliphatic hydroxyl groups excluding tert-OH is 1. The topological polar surface area (TPSA) is 122 Å². The third-order valence-electron chi connectivity index (χ3n) is 5.94. The SMILES string of the molecule is C[C@H]1CN(c2ccncc2NC(=O)c2ccc3sc(-c4cnn(C)c4)cc3n2)C[C@@H](N)[C@@H]1O. The summed E-state index contributed by atoms with van der Waals surface area (Å²) < 4.78 is 2.76. The fourth-order valence-electron chi connectivity index (χ4n) is 4.20. The van der Waals surface area contributed by atoms with E-state index in [1.807, 2.05) is 44.6 Å². The molecular weight excluding hydrogens is 438 g/mol. The van der Waals surface area contributed by atoms with Crippen LogP contribution >= 0.6 is 11.3 Å². The van der Waals surface area contributed by atoms with Crippen molar-refractivity contribution in [3.05, 3.63) is 54.7 Å². The van der Waals surface area contributed by atoms with E-state index in [1.165, 1.54) is 0 Å². The first kappa shape index (κ1) is 21.5. The van der Waals surface area contributed by atoms with Crippen LogP contribution in [0.5, 0.6) is 0 Å². The lowest BCUT2D eigenvalue weighted by Gasteiger charge is -2.40. The number of carbonyl (C=O) groups excluding carboxylic acids is 1. The Morgan fingerprint density at radius 2 is 2.12 bits per heavy atom. The summed E-state index contributed by atoms with van der Waals surface area (Å²) >= 11 is 1.61. The molecule has 1 saturated heterocycles. The second-order valence-electron chi connectivity index (χ2n) is 8.48. The van der Waals surface area contributed by atoms with Gasteiger partial charge in [-0.25, -0.2) is 4.98 Å². The number of nitrogens with zero attached hydrogens (tertiary/aromatic N) is 5. The largest absolute Gasteiger partial charge is 0.391 e. The highest BCUT2D eigenvalue weighted by Gasteiger charge is 2.32. The van der Waals surface area contributed by atoms with Gasteiger partial charge < -0.3 is 21.1 Å². The molecule has 0 unspecified atom stereocenters. The molecule has 10 heteroatoms. The molecule has 0 aromatic carbocycles. The van der Waals surface area contributed by atoms with Crippen LogP contribution in [0.4, 0.5) is 11.4 Å². The fourth-order valence-corrected chi connectivity index (χ4v) is 5.17. The molecule has 0 saturated carbocycles. The van der Waals surface area contributed by atoms with Crippen molar-refractivity contribution < 1.29 is 9.90 Å². The van der Waals surface area contributed by atoms with Crippen molar-refractivity contribution >= 4 is 38.8 Å². The van der Waals surface area contributed by atoms with Gasteiger partial charge in [-0.05, 0) is 24.3 Å². The van der Waals surface area contributed by atoms with Gasteiger partial charge in [0.25, 0.3) is 5.91 Å². The summed E-state index contributed by atoms with van der Waals surface area (Å²) in [6, 6.07) is 7.11. The minimum atomic E-state index is -0.542. The zero-order valence-corrected chi connectivity index (χ0v) is 19.2. The highest BCUT2D eigenvalue weighted by molar-refractivity contribution is 7.22. The number of rotatable bonds is 4. The molecule has 5 heterocycles. The van der Waals surface area contributed by atoms with E-state index < -0.39 is 6.10 Å². The number of nitrogens with one attached hydrogen (secondary N) is 1. The van der Waals surface area contributed by atoms with Gasteiger partial charge in [0, 0.05) is 54.9 Å². The van der Waals surface area contributed by atoms with Crippen LogP contribution in [0.2, 0.25) is 0 Å². The molecule has 1 aliphatic heterocycles. The maximum Gasteiger partial charge on any atom is 0.274 e. The molecular formula is C23H25N7O2S. The van der Waals surface area contributed by atoms with Crippen LogP contribution in [-0.2, 0) is 7.05 Å².